The molecule has 0 aromatic heterocycles. The number of carbonyl (C=O) groups excluding carboxylic acids is 1. The van der Waals surface area contributed by atoms with Crippen molar-refractivity contribution in [1.82, 2.24) is 10.2 Å². The highest BCUT2D eigenvalue weighted by molar-refractivity contribution is 5.81. The summed E-state index contributed by atoms with van der Waals surface area (Å²) in [7, 11) is 0. The van der Waals surface area contributed by atoms with Gasteiger partial charge >= 0.3 is 0 Å². The Morgan fingerprint density at radius 2 is 1.90 bits per heavy atom. The number of nitrogens with one attached hydrogen (secondary N) is 1. The molecule has 156 valence electrons. The van der Waals surface area contributed by atoms with Crippen molar-refractivity contribution in [2.45, 2.75) is 46.4 Å². The normalized spacial score (nSPS) is 15.7. The Balaban J connectivity index is 1.55. The van der Waals surface area contributed by atoms with Crippen LogP contribution in [0.25, 0.3) is 0 Å². The van der Waals surface area contributed by atoms with Gasteiger partial charge in [-0.1, -0.05) is 43.3 Å². The number of rotatable bonds is 8. The van der Waals surface area contributed by atoms with Gasteiger partial charge in [0, 0.05) is 26.2 Å². The van der Waals surface area contributed by atoms with Crippen LogP contribution < -0.4 is 10.1 Å². The molecular formula is C24H32N2O3. The van der Waals surface area contributed by atoms with Crippen LogP contribution in [0.2, 0.25) is 0 Å². The van der Waals surface area contributed by atoms with E-state index in [4.69, 9.17) is 9.47 Å². The summed E-state index contributed by atoms with van der Waals surface area (Å²) in [5.74, 6) is 0.700. The Bertz CT molecular complexity index is 816. The van der Waals surface area contributed by atoms with E-state index in [1.807, 2.05) is 39.0 Å². The molecule has 1 fully saturated rings. The fraction of sp³-hybridized carbons (Fsp3) is 0.458. The molecule has 0 saturated carbocycles. The topological polar surface area (TPSA) is 50.8 Å². The maximum atomic E-state index is 12.7. The molecule has 3 rings (SSSR count). The van der Waals surface area contributed by atoms with Gasteiger partial charge in [-0.3, -0.25) is 9.69 Å². The molecule has 1 amide bonds. The molecule has 1 N–H and O–H groups in total. The van der Waals surface area contributed by atoms with Crippen molar-refractivity contribution in [1.29, 1.82) is 0 Å². The molecule has 0 spiro atoms. The summed E-state index contributed by atoms with van der Waals surface area (Å²) in [5.41, 5.74) is 4.53. The SMILES string of the molecule is CC[C@@H](Oc1cc(C)ccc1C)C(=O)NCc1cccc(CN2CCOCC2)c1. The smallest absolute Gasteiger partial charge is 0.261 e. The second-order valence-electron chi connectivity index (χ2n) is 7.71. The van der Waals surface area contributed by atoms with Crippen LogP contribution in [0.4, 0.5) is 0 Å². The van der Waals surface area contributed by atoms with Gasteiger partial charge in [-0.15, -0.1) is 0 Å². The lowest BCUT2D eigenvalue weighted by Crippen LogP contribution is -2.37. The fourth-order valence-electron chi connectivity index (χ4n) is 3.47. The number of hydrogen-bond donors (Lipinski definition) is 1. The third-order valence-electron chi connectivity index (χ3n) is 5.24. The number of nitrogens with zero attached hydrogens (tertiary/aromatic N) is 1. The molecule has 0 unspecified atom stereocenters. The van der Waals surface area contributed by atoms with E-state index >= 15 is 0 Å². The maximum absolute atomic E-state index is 12.7. The van der Waals surface area contributed by atoms with Crippen LogP contribution >= 0.6 is 0 Å². The van der Waals surface area contributed by atoms with Gasteiger partial charge in [-0.25, -0.2) is 0 Å². The quantitative estimate of drug-likeness (QED) is 0.741. The highest BCUT2D eigenvalue weighted by Crippen LogP contribution is 2.21. The number of amides is 1. The predicted octanol–water partition coefficient (Wildman–Crippen LogP) is 3.61. The van der Waals surface area contributed by atoms with Gasteiger partial charge in [0.25, 0.3) is 5.91 Å². The predicted molar refractivity (Wildman–Crippen MR) is 115 cm³/mol. The first-order chi connectivity index (χ1) is 14.0. The number of ether oxygens (including phenoxy) is 2. The highest BCUT2D eigenvalue weighted by Gasteiger charge is 2.19. The van der Waals surface area contributed by atoms with E-state index in [0.717, 1.165) is 55.3 Å². The first-order valence-electron chi connectivity index (χ1n) is 10.4. The van der Waals surface area contributed by atoms with E-state index in [2.05, 4.69) is 34.5 Å². The summed E-state index contributed by atoms with van der Waals surface area (Å²) in [4.78, 5) is 15.1. The van der Waals surface area contributed by atoms with Crippen LogP contribution in [0.3, 0.4) is 0 Å². The molecular weight excluding hydrogens is 364 g/mol. The number of aryl methyl sites for hydroxylation is 2. The molecule has 29 heavy (non-hydrogen) atoms. The average Bonchev–Trinajstić information content (AvgIpc) is 2.73. The molecule has 2 aromatic carbocycles. The number of carbonyl (C=O) groups is 1. The monoisotopic (exact) mass is 396 g/mol. The third kappa shape index (κ3) is 6.31. The summed E-state index contributed by atoms with van der Waals surface area (Å²) in [6.45, 7) is 10.9. The van der Waals surface area contributed by atoms with Crippen molar-refractivity contribution >= 4 is 5.91 Å². The lowest BCUT2D eigenvalue weighted by molar-refractivity contribution is -0.128. The summed E-state index contributed by atoms with van der Waals surface area (Å²) in [6.07, 6.45) is 0.128. The molecule has 5 nitrogen and oxygen atoms in total. The molecule has 1 atom stereocenters. The van der Waals surface area contributed by atoms with Crippen molar-refractivity contribution in [3.05, 3.63) is 64.7 Å². The van der Waals surface area contributed by atoms with E-state index in [1.165, 1.54) is 5.56 Å². The van der Waals surface area contributed by atoms with Gasteiger partial charge < -0.3 is 14.8 Å². The molecule has 1 aliphatic heterocycles. The van der Waals surface area contributed by atoms with Crippen LogP contribution in [-0.2, 0) is 22.6 Å². The maximum Gasteiger partial charge on any atom is 0.261 e. The van der Waals surface area contributed by atoms with Crippen LogP contribution in [0.5, 0.6) is 5.75 Å². The van der Waals surface area contributed by atoms with Crippen molar-refractivity contribution in [2.75, 3.05) is 26.3 Å². The largest absolute Gasteiger partial charge is 0.480 e. The molecule has 1 aliphatic rings. The summed E-state index contributed by atoms with van der Waals surface area (Å²) >= 11 is 0. The van der Waals surface area contributed by atoms with Gasteiger partial charge in [-0.05, 0) is 48.6 Å². The molecule has 0 radical (unpaired) electrons. The first-order valence-corrected chi connectivity index (χ1v) is 10.4. The Morgan fingerprint density at radius 1 is 1.14 bits per heavy atom. The zero-order chi connectivity index (χ0) is 20.6. The van der Waals surface area contributed by atoms with E-state index in [9.17, 15) is 4.79 Å². The van der Waals surface area contributed by atoms with Crippen LogP contribution in [0.1, 0.15) is 35.6 Å². The van der Waals surface area contributed by atoms with Crippen molar-refractivity contribution in [3.8, 4) is 5.75 Å². The van der Waals surface area contributed by atoms with Gasteiger partial charge in [0.2, 0.25) is 0 Å². The Morgan fingerprint density at radius 3 is 2.66 bits per heavy atom. The standard InChI is InChI=1S/C24H32N2O3/c1-4-22(29-23-14-18(2)8-9-19(23)3)24(27)25-16-20-6-5-7-21(15-20)17-26-10-12-28-13-11-26/h5-9,14-15,22H,4,10-13,16-17H2,1-3H3,(H,25,27)/t22-/m1/s1. The van der Waals surface area contributed by atoms with Crippen LogP contribution in [-0.4, -0.2) is 43.2 Å². The Hall–Kier alpha value is -2.37. The molecule has 1 heterocycles. The van der Waals surface area contributed by atoms with Gasteiger partial charge in [0.1, 0.15) is 5.75 Å². The van der Waals surface area contributed by atoms with Crippen LogP contribution in [0.15, 0.2) is 42.5 Å². The number of morpholine rings is 1. The zero-order valence-corrected chi connectivity index (χ0v) is 17.7. The van der Waals surface area contributed by atoms with Gasteiger partial charge in [0.15, 0.2) is 6.10 Å². The Labute approximate surface area is 174 Å². The van der Waals surface area contributed by atoms with E-state index < -0.39 is 6.10 Å². The van der Waals surface area contributed by atoms with Crippen molar-refractivity contribution < 1.29 is 14.3 Å². The average molecular weight is 397 g/mol. The minimum atomic E-state index is -0.493. The van der Waals surface area contributed by atoms with Crippen molar-refractivity contribution in [3.63, 3.8) is 0 Å². The van der Waals surface area contributed by atoms with Crippen molar-refractivity contribution in [2.24, 2.45) is 0 Å². The van der Waals surface area contributed by atoms with Crippen LogP contribution in [0, 0.1) is 13.8 Å². The number of benzene rings is 2. The second-order valence-corrected chi connectivity index (χ2v) is 7.71. The van der Waals surface area contributed by atoms with Gasteiger partial charge in [0.05, 0.1) is 13.2 Å². The molecule has 0 bridgehead atoms. The Kier molecular flexibility index (Phi) is 7.67. The second kappa shape index (κ2) is 10.4. The van der Waals surface area contributed by atoms with E-state index in [0.29, 0.717) is 13.0 Å². The minimum Gasteiger partial charge on any atom is -0.480 e. The molecule has 1 saturated heterocycles. The zero-order valence-electron chi connectivity index (χ0n) is 17.7. The molecule has 2 aromatic rings. The van der Waals surface area contributed by atoms with Gasteiger partial charge in [-0.2, -0.15) is 0 Å². The third-order valence-corrected chi connectivity index (χ3v) is 5.24. The minimum absolute atomic E-state index is 0.0769. The lowest BCUT2D eigenvalue weighted by Gasteiger charge is -2.26. The summed E-state index contributed by atoms with van der Waals surface area (Å²) < 4.78 is 11.4. The summed E-state index contributed by atoms with van der Waals surface area (Å²) in [6, 6.07) is 14.5. The summed E-state index contributed by atoms with van der Waals surface area (Å²) in [5, 5.41) is 3.04. The molecule has 5 heteroatoms. The highest BCUT2D eigenvalue weighted by atomic mass is 16.5. The molecule has 0 aliphatic carbocycles. The first kappa shape index (κ1) is 21.3. The number of hydrogen-bond acceptors (Lipinski definition) is 4. The van der Waals surface area contributed by atoms with E-state index in [1.54, 1.807) is 0 Å². The van der Waals surface area contributed by atoms with E-state index in [-0.39, 0.29) is 5.91 Å². The lowest BCUT2D eigenvalue weighted by atomic mass is 10.1. The fourth-order valence-corrected chi connectivity index (χ4v) is 3.47.